The second-order valence-corrected chi connectivity index (χ2v) is 5.25. The van der Waals surface area contributed by atoms with Crippen molar-refractivity contribution in [3.8, 4) is 5.75 Å². The smallest absolute Gasteiger partial charge is 0.290 e. The summed E-state index contributed by atoms with van der Waals surface area (Å²) in [5.74, 6) is 1.56. The molecule has 0 saturated carbocycles. The van der Waals surface area contributed by atoms with Crippen molar-refractivity contribution in [2.75, 3.05) is 19.1 Å². The molecule has 2 aromatic rings. The third kappa shape index (κ3) is 3.33. The number of aromatic nitrogens is 1. The van der Waals surface area contributed by atoms with Gasteiger partial charge in [0.25, 0.3) is 5.69 Å². The van der Waals surface area contributed by atoms with Crippen molar-refractivity contribution in [3.05, 3.63) is 57.3 Å². The van der Waals surface area contributed by atoms with Crippen LogP contribution in [0.3, 0.4) is 0 Å². The zero-order valence-electron chi connectivity index (χ0n) is 13.2. The van der Waals surface area contributed by atoms with Crippen LogP contribution in [0.1, 0.15) is 16.7 Å². The van der Waals surface area contributed by atoms with Gasteiger partial charge >= 0.3 is 0 Å². The van der Waals surface area contributed by atoms with E-state index in [1.54, 1.807) is 20.1 Å². The molecule has 0 saturated heterocycles. The van der Waals surface area contributed by atoms with Crippen molar-refractivity contribution in [2.45, 2.75) is 20.4 Å². The normalized spacial score (nSPS) is 10.4. The van der Waals surface area contributed by atoms with Crippen LogP contribution >= 0.6 is 0 Å². The lowest BCUT2D eigenvalue weighted by molar-refractivity contribution is -0.385. The number of aryl methyl sites for hydroxylation is 2. The zero-order valence-corrected chi connectivity index (χ0v) is 13.2. The molecule has 6 heteroatoms. The van der Waals surface area contributed by atoms with Gasteiger partial charge in [0, 0.05) is 19.2 Å². The van der Waals surface area contributed by atoms with E-state index in [9.17, 15) is 10.1 Å². The Morgan fingerprint density at radius 1 is 1.27 bits per heavy atom. The van der Waals surface area contributed by atoms with E-state index < -0.39 is 4.92 Å². The van der Waals surface area contributed by atoms with Crippen LogP contribution < -0.4 is 9.64 Å². The van der Waals surface area contributed by atoms with Crippen molar-refractivity contribution in [1.29, 1.82) is 0 Å². The molecule has 22 heavy (non-hydrogen) atoms. The molecule has 0 radical (unpaired) electrons. The summed E-state index contributed by atoms with van der Waals surface area (Å²) in [4.78, 5) is 16.5. The summed E-state index contributed by atoms with van der Waals surface area (Å²) >= 11 is 0. The van der Waals surface area contributed by atoms with Crippen LogP contribution in [0.25, 0.3) is 0 Å². The molecular weight excluding hydrogens is 282 g/mol. The molecule has 116 valence electrons. The van der Waals surface area contributed by atoms with Crippen molar-refractivity contribution in [3.63, 3.8) is 0 Å². The standard InChI is InChI=1S/C16H19N3O3/c1-11-8-16(17-9-14(11)19(20)21)18(3)10-13-5-6-15(22-4)12(2)7-13/h5-9H,10H2,1-4H3. The van der Waals surface area contributed by atoms with E-state index in [1.165, 1.54) is 6.20 Å². The summed E-state index contributed by atoms with van der Waals surface area (Å²) in [5.41, 5.74) is 2.84. The molecule has 0 fully saturated rings. The number of methoxy groups -OCH3 is 1. The monoisotopic (exact) mass is 301 g/mol. The molecular formula is C16H19N3O3. The summed E-state index contributed by atoms with van der Waals surface area (Å²) in [6, 6.07) is 7.73. The van der Waals surface area contributed by atoms with Crippen LogP contribution in [0.4, 0.5) is 11.5 Å². The van der Waals surface area contributed by atoms with Crippen LogP contribution in [-0.4, -0.2) is 24.1 Å². The average molecular weight is 301 g/mol. The quantitative estimate of drug-likeness (QED) is 0.626. The maximum absolute atomic E-state index is 10.8. The Kier molecular flexibility index (Phi) is 4.60. The van der Waals surface area contributed by atoms with E-state index in [2.05, 4.69) is 11.1 Å². The van der Waals surface area contributed by atoms with Gasteiger partial charge in [-0.2, -0.15) is 0 Å². The third-order valence-electron chi connectivity index (χ3n) is 3.54. The number of nitrogens with zero attached hydrogens (tertiary/aromatic N) is 3. The predicted octanol–water partition coefficient (Wildman–Crippen LogP) is 3.25. The first kappa shape index (κ1) is 15.8. The van der Waals surface area contributed by atoms with Crippen LogP contribution in [0, 0.1) is 24.0 Å². The van der Waals surface area contributed by atoms with Crippen molar-refractivity contribution in [2.24, 2.45) is 0 Å². The number of hydrogen-bond acceptors (Lipinski definition) is 5. The summed E-state index contributed by atoms with van der Waals surface area (Å²) in [6.07, 6.45) is 1.31. The SMILES string of the molecule is COc1ccc(CN(C)c2cc(C)c([N+](=O)[O-])cn2)cc1C. The lowest BCUT2D eigenvalue weighted by Gasteiger charge is -2.19. The first-order chi connectivity index (χ1) is 10.4. The lowest BCUT2D eigenvalue weighted by atomic mass is 10.1. The number of benzene rings is 1. The molecule has 0 N–H and O–H groups in total. The summed E-state index contributed by atoms with van der Waals surface area (Å²) in [6.45, 7) is 4.38. The Bertz CT molecular complexity index is 701. The number of nitro groups is 1. The number of ether oxygens (including phenoxy) is 1. The Morgan fingerprint density at radius 2 is 2.00 bits per heavy atom. The predicted molar refractivity (Wildman–Crippen MR) is 85.5 cm³/mol. The second-order valence-electron chi connectivity index (χ2n) is 5.25. The van der Waals surface area contributed by atoms with Crippen LogP contribution in [0.5, 0.6) is 5.75 Å². The lowest BCUT2D eigenvalue weighted by Crippen LogP contribution is -2.18. The van der Waals surface area contributed by atoms with E-state index >= 15 is 0 Å². The Balaban J connectivity index is 2.18. The number of pyridine rings is 1. The largest absolute Gasteiger partial charge is 0.496 e. The zero-order chi connectivity index (χ0) is 16.3. The van der Waals surface area contributed by atoms with Gasteiger partial charge in [-0.1, -0.05) is 12.1 Å². The van der Waals surface area contributed by atoms with Crippen LogP contribution in [0.2, 0.25) is 0 Å². The summed E-state index contributed by atoms with van der Waals surface area (Å²) in [7, 11) is 3.56. The Morgan fingerprint density at radius 3 is 2.55 bits per heavy atom. The highest BCUT2D eigenvalue weighted by Gasteiger charge is 2.13. The van der Waals surface area contributed by atoms with Crippen LogP contribution in [0.15, 0.2) is 30.5 Å². The molecule has 0 aliphatic heterocycles. The van der Waals surface area contributed by atoms with Gasteiger partial charge in [0.05, 0.1) is 12.0 Å². The van der Waals surface area contributed by atoms with Crippen molar-refractivity contribution < 1.29 is 9.66 Å². The van der Waals surface area contributed by atoms with E-state index in [4.69, 9.17) is 4.74 Å². The first-order valence-electron chi connectivity index (χ1n) is 6.88. The van der Waals surface area contributed by atoms with E-state index in [0.717, 1.165) is 16.9 Å². The fraction of sp³-hybridized carbons (Fsp3) is 0.312. The van der Waals surface area contributed by atoms with Gasteiger partial charge in [-0.15, -0.1) is 0 Å². The topological polar surface area (TPSA) is 68.5 Å². The third-order valence-corrected chi connectivity index (χ3v) is 3.54. The maximum Gasteiger partial charge on any atom is 0.290 e. The highest BCUT2D eigenvalue weighted by atomic mass is 16.6. The minimum absolute atomic E-state index is 0.0393. The molecule has 0 unspecified atom stereocenters. The minimum Gasteiger partial charge on any atom is -0.496 e. The molecule has 0 spiro atoms. The molecule has 6 nitrogen and oxygen atoms in total. The average Bonchev–Trinajstić information content (AvgIpc) is 2.46. The molecule has 0 atom stereocenters. The molecule has 1 aromatic carbocycles. The number of rotatable bonds is 5. The van der Waals surface area contributed by atoms with Gasteiger partial charge < -0.3 is 9.64 Å². The van der Waals surface area contributed by atoms with E-state index in [-0.39, 0.29) is 5.69 Å². The number of anilines is 1. The molecule has 1 aromatic heterocycles. The maximum atomic E-state index is 10.8. The minimum atomic E-state index is -0.418. The highest BCUT2D eigenvalue weighted by molar-refractivity contribution is 5.49. The fourth-order valence-electron chi connectivity index (χ4n) is 2.33. The van der Waals surface area contributed by atoms with Gasteiger partial charge in [0.1, 0.15) is 17.8 Å². The van der Waals surface area contributed by atoms with Gasteiger partial charge in [0.15, 0.2) is 0 Å². The second kappa shape index (κ2) is 6.43. The van der Waals surface area contributed by atoms with Crippen molar-refractivity contribution in [1.82, 2.24) is 4.98 Å². The fourth-order valence-corrected chi connectivity index (χ4v) is 2.33. The van der Waals surface area contributed by atoms with E-state index in [0.29, 0.717) is 17.9 Å². The van der Waals surface area contributed by atoms with Gasteiger partial charge in [-0.3, -0.25) is 10.1 Å². The van der Waals surface area contributed by atoms with E-state index in [1.807, 2.05) is 31.0 Å². The molecule has 0 aliphatic carbocycles. The molecule has 0 amide bonds. The molecule has 0 bridgehead atoms. The molecule has 0 aliphatic rings. The highest BCUT2D eigenvalue weighted by Crippen LogP contribution is 2.23. The molecule has 2 rings (SSSR count). The van der Waals surface area contributed by atoms with Gasteiger partial charge in [-0.25, -0.2) is 4.98 Å². The Labute approximate surface area is 129 Å². The molecule has 1 heterocycles. The van der Waals surface area contributed by atoms with Crippen molar-refractivity contribution >= 4 is 11.5 Å². The summed E-state index contributed by atoms with van der Waals surface area (Å²) in [5, 5.41) is 10.8. The van der Waals surface area contributed by atoms with Gasteiger partial charge in [-0.05, 0) is 37.1 Å². The van der Waals surface area contributed by atoms with Gasteiger partial charge in [0.2, 0.25) is 0 Å². The summed E-state index contributed by atoms with van der Waals surface area (Å²) < 4.78 is 5.25. The first-order valence-corrected chi connectivity index (χ1v) is 6.88. The Hall–Kier alpha value is -2.63. The van der Waals surface area contributed by atoms with Crippen LogP contribution in [-0.2, 0) is 6.54 Å². The number of hydrogen-bond donors (Lipinski definition) is 0.